The molecule has 1 aromatic heterocycles. The molecule has 0 aliphatic carbocycles. The van der Waals surface area contributed by atoms with Crippen LogP contribution in [0.1, 0.15) is 60.9 Å². The minimum absolute atomic E-state index is 0.0114. The fourth-order valence-electron chi connectivity index (χ4n) is 2.14. The van der Waals surface area contributed by atoms with Gasteiger partial charge >= 0.3 is 0 Å². The van der Waals surface area contributed by atoms with Crippen molar-refractivity contribution < 1.29 is 12.6 Å². The SMILES string of the molecule is [2H]c1c(C(C)(C)C)c([2H])c2c(oc3c([2H])c(C(C)(C)C)c([2H])c([2H])c32)c1[2H]. The monoisotopic (exact) mass is 286 g/mol. The van der Waals surface area contributed by atoms with Crippen molar-refractivity contribution in [3.63, 3.8) is 0 Å². The highest BCUT2D eigenvalue weighted by Crippen LogP contribution is 2.35. The van der Waals surface area contributed by atoms with Crippen molar-refractivity contribution in [3.8, 4) is 0 Å². The predicted molar refractivity (Wildman–Crippen MR) is 91.1 cm³/mol. The van der Waals surface area contributed by atoms with E-state index in [1.54, 1.807) is 0 Å². The zero-order valence-electron chi connectivity index (χ0n) is 19.4. The molecule has 0 fully saturated rings. The van der Waals surface area contributed by atoms with Crippen LogP contribution in [-0.4, -0.2) is 0 Å². The molecule has 3 rings (SSSR count). The maximum absolute atomic E-state index is 8.68. The summed E-state index contributed by atoms with van der Waals surface area (Å²) < 4.78 is 56.7. The van der Waals surface area contributed by atoms with Gasteiger partial charge in [-0.2, -0.15) is 0 Å². The van der Waals surface area contributed by atoms with Gasteiger partial charge in [0.15, 0.2) is 0 Å². The lowest BCUT2D eigenvalue weighted by Gasteiger charge is -2.19. The third kappa shape index (κ3) is 2.46. The Kier molecular flexibility index (Phi) is 1.79. The summed E-state index contributed by atoms with van der Waals surface area (Å²) in [6.07, 6.45) is 0. The van der Waals surface area contributed by atoms with Crippen LogP contribution in [0, 0.1) is 0 Å². The highest BCUT2D eigenvalue weighted by molar-refractivity contribution is 6.05. The summed E-state index contributed by atoms with van der Waals surface area (Å²) in [6.45, 7) is 11.2. The van der Waals surface area contributed by atoms with Crippen molar-refractivity contribution >= 4 is 21.9 Å². The average Bonchev–Trinajstić information content (AvgIpc) is 2.89. The van der Waals surface area contributed by atoms with E-state index in [0.717, 1.165) is 0 Å². The van der Waals surface area contributed by atoms with Gasteiger partial charge in [-0.1, -0.05) is 59.7 Å². The summed E-state index contributed by atoms with van der Waals surface area (Å²) in [7, 11) is 0. The molecule has 0 aliphatic heterocycles. The summed E-state index contributed by atoms with van der Waals surface area (Å²) >= 11 is 0. The number of furan rings is 1. The number of rotatable bonds is 0. The number of benzene rings is 2. The topological polar surface area (TPSA) is 13.1 Å². The van der Waals surface area contributed by atoms with Gasteiger partial charge in [-0.05, 0) is 40.1 Å². The summed E-state index contributed by atoms with van der Waals surface area (Å²) in [5.41, 5.74) is -0.103. The maximum atomic E-state index is 8.68. The largest absolute Gasteiger partial charge is 0.456 e. The summed E-state index contributed by atoms with van der Waals surface area (Å²) in [5, 5.41) is 0.473. The quantitative estimate of drug-likeness (QED) is 0.481. The van der Waals surface area contributed by atoms with Crippen LogP contribution in [-0.2, 0) is 10.8 Å². The van der Waals surface area contributed by atoms with Crippen LogP contribution in [0.3, 0.4) is 0 Å². The molecular weight excluding hydrogens is 256 g/mol. The van der Waals surface area contributed by atoms with Gasteiger partial charge in [-0.15, -0.1) is 0 Å². The first-order valence-corrected chi connectivity index (χ1v) is 7.16. The first-order valence-electron chi connectivity index (χ1n) is 10.2. The Morgan fingerprint density at radius 3 is 1.90 bits per heavy atom. The maximum Gasteiger partial charge on any atom is 0.135 e. The minimum atomic E-state index is -0.539. The smallest absolute Gasteiger partial charge is 0.135 e. The van der Waals surface area contributed by atoms with E-state index in [2.05, 4.69) is 0 Å². The van der Waals surface area contributed by atoms with Gasteiger partial charge in [0.1, 0.15) is 11.2 Å². The molecule has 2 aromatic carbocycles. The number of fused-ring (bicyclic) bond motifs is 3. The first-order chi connectivity index (χ1) is 12.2. The standard InChI is InChI=1S/C20H24O/c1-19(2,3)13-8-10-17-16(11-13)15-9-7-14(20(4,5)6)12-18(15)21-17/h7-12H,1-6H3/i7D,8D,9D,10D,11D,12D. The van der Waals surface area contributed by atoms with E-state index in [0.29, 0.717) is 11.1 Å². The van der Waals surface area contributed by atoms with Crippen molar-refractivity contribution in [2.45, 2.75) is 52.4 Å². The van der Waals surface area contributed by atoms with Crippen molar-refractivity contribution in [2.75, 3.05) is 0 Å². The van der Waals surface area contributed by atoms with Crippen LogP contribution in [0.25, 0.3) is 21.9 Å². The second-order valence-corrected chi connectivity index (χ2v) is 7.51. The van der Waals surface area contributed by atoms with Crippen LogP contribution in [0.5, 0.6) is 0 Å². The molecule has 1 heteroatoms. The highest BCUT2D eigenvalue weighted by atomic mass is 16.3. The Labute approximate surface area is 135 Å². The average molecular weight is 286 g/mol. The van der Waals surface area contributed by atoms with Crippen molar-refractivity contribution in [1.82, 2.24) is 0 Å². The molecule has 0 spiro atoms. The summed E-state index contributed by atoms with van der Waals surface area (Å²) in [6, 6.07) is -0.328. The fourth-order valence-corrected chi connectivity index (χ4v) is 2.14. The molecule has 1 nitrogen and oxygen atoms in total. The van der Waals surface area contributed by atoms with E-state index in [-0.39, 0.29) is 58.2 Å². The van der Waals surface area contributed by atoms with E-state index in [4.69, 9.17) is 12.6 Å². The second-order valence-electron chi connectivity index (χ2n) is 7.51. The molecule has 0 unspecified atom stereocenters. The second kappa shape index (κ2) is 4.37. The van der Waals surface area contributed by atoms with E-state index in [9.17, 15) is 0 Å². The Morgan fingerprint density at radius 1 is 0.714 bits per heavy atom. The third-order valence-electron chi connectivity index (χ3n) is 3.51. The van der Waals surface area contributed by atoms with Crippen LogP contribution in [0.4, 0.5) is 0 Å². The third-order valence-corrected chi connectivity index (χ3v) is 3.51. The fraction of sp³-hybridized carbons (Fsp3) is 0.400. The Hall–Kier alpha value is -1.76. The van der Waals surface area contributed by atoms with Gasteiger partial charge in [0.05, 0.1) is 8.22 Å². The highest BCUT2D eigenvalue weighted by Gasteiger charge is 2.18. The van der Waals surface area contributed by atoms with Crippen LogP contribution in [0.15, 0.2) is 40.7 Å². The van der Waals surface area contributed by atoms with Crippen LogP contribution >= 0.6 is 0 Å². The van der Waals surface area contributed by atoms with E-state index in [1.807, 2.05) is 41.5 Å². The normalized spacial score (nSPS) is 17.2. The zero-order valence-corrected chi connectivity index (χ0v) is 13.4. The molecule has 3 aromatic rings. The summed E-state index contributed by atoms with van der Waals surface area (Å²) in [4.78, 5) is 0. The molecule has 0 saturated carbocycles. The first kappa shape index (κ1) is 8.63. The van der Waals surface area contributed by atoms with Gasteiger partial charge in [0.2, 0.25) is 0 Å². The van der Waals surface area contributed by atoms with Crippen molar-refractivity contribution in [3.05, 3.63) is 47.4 Å². The minimum Gasteiger partial charge on any atom is -0.456 e. The molecule has 0 aliphatic rings. The molecule has 0 bridgehead atoms. The van der Waals surface area contributed by atoms with E-state index < -0.39 is 10.8 Å². The molecule has 1 heterocycles. The zero-order chi connectivity index (χ0) is 20.6. The van der Waals surface area contributed by atoms with Gasteiger partial charge in [0.25, 0.3) is 0 Å². The van der Waals surface area contributed by atoms with E-state index >= 15 is 0 Å². The molecule has 0 saturated heterocycles. The van der Waals surface area contributed by atoms with Gasteiger partial charge in [-0.25, -0.2) is 0 Å². The molecule has 0 radical (unpaired) electrons. The summed E-state index contributed by atoms with van der Waals surface area (Å²) in [5.74, 6) is 0. The molecule has 0 N–H and O–H groups in total. The molecular formula is C20H24O. The Bertz CT molecular complexity index is 1100. The van der Waals surface area contributed by atoms with Crippen LogP contribution < -0.4 is 0 Å². The van der Waals surface area contributed by atoms with E-state index in [1.165, 1.54) is 0 Å². The van der Waals surface area contributed by atoms with Gasteiger partial charge in [0, 0.05) is 10.8 Å². The lowest BCUT2D eigenvalue weighted by molar-refractivity contribution is 0.587. The molecule has 110 valence electrons. The van der Waals surface area contributed by atoms with Gasteiger partial charge < -0.3 is 4.42 Å². The Morgan fingerprint density at radius 2 is 1.29 bits per heavy atom. The molecule has 0 atom stereocenters. The van der Waals surface area contributed by atoms with Gasteiger partial charge in [-0.3, -0.25) is 0 Å². The Balaban J connectivity index is 2.66. The number of hydrogen-bond donors (Lipinski definition) is 0. The predicted octanol–water partition coefficient (Wildman–Crippen LogP) is 6.18. The lowest BCUT2D eigenvalue weighted by atomic mass is 9.85. The number of hydrogen-bond acceptors (Lipinski definition) is 1. The lowest BCUT2D eigenvalue weighted by Crippen LogP contribution is -2.10. The molecule has 21 heavy (non-hydrogen) atoms. The van der Waals surface area contributed by atoms with Crippen molar-refractivity contribution in [1.29, 1.82) is 0 Å². The van der Waals surface area contributed by atoms with Crippen LogP contribution in [0.2, 0.25) is 0 Å². The van der Waals surface area contributed by atoms with Crippen molar-refractivity contribution in [2.24, 2.45) is 0 Å². The molecule has 0 amide bonds.